The minimum absolute atomic E-state index is 0.0407. The van der Waals surface area contributed by atoms with E-state index in [1.807, 2.05) is 6.92 Å². The number of hydrogen-bond donors (Lipinski definition) is 1. The van der Waals surface area contributed by atoms with Crippen LogP contribution in [0.25, 0.3) is 11.3 Å². The molecule has 1 N–H and O–H groups in total. The zero-order valence-corrected chi connectivity index (χ0v) is 11.5. The summed E-state index contributed by atoms with van der Waals surface area (Å²) in [6, 6.07) is 5.70. The summed E-state index contributed by atoms with van der Waals surface area (Å²) in [5.74, 6) is -1.06. The fraction of sp³-hybridized carbons (Fsp3) is 0.286. The van der Waals surface area contributed by atoms with Crippen LogP contribution >= 0.6 is 0 Å². The normalized spacial score (nSPS) is 10.5. The summed E-state index contributed by atoms with van der Waals surface area (Å²) >= 11 is 0. The van der Waals surface area contributed by atoms with Gasteiger partial charge in [0.1, 0.15) is 11.3 Å². The summed E-state index contributed by atoms with van der Waals surface area (Å²) in [7, 11) is 0. The molecule has 0 aliphatic carbocycles. The number of benzene rings is 1. The predicted octanol–water partition coefficient (Wildman–Crippen LogP) is 2.96. The zero-order valence-electron chi connectivity index (χ0n) is 11.5. The van der Waals surface area contributed by atoms with Gasteiger partial charge in [0.25, 0.3) is 5.69 Å². The number of non-ortho nitro benzene ring substituents is 1. The third-order valence-corrected chi connectivity index (χ3v) is 3.08. The minimum atomic E-state index is -1.06. The molecule has 0 radical (unpaired) electrons. The lowest BCUT2D eigenvalue weighted by molar-refractivity contribution is -0.384. The van der Waals surface area contributed by atoms with Gasteiger partial charge < -0.3 is 5.11 Å². The van der Waals surface area contributed by atoms with Gasteiger partial charge in [-0.15, -0.1) is 0 Å². The first-order chi connectivity index (χ1) is 10.0. The molecule has 21 heavy (non-hydrogen) atoms. The van der Waals surface area contributed by atoms with E-state index in [-0.39, 0.29) is 11.3 Å². The molecule has 0 saturated carbocycles. The molecule has 0 unspecified atom stereocenters. The largest absolute Gasteiger partial charge is 0.478 e. The number of aryl methyl sites for hydroxylation is 1. The minimum Gasteiger partial charge on any atom is -0.478 e. The SMILES string of the molecule is CCCCn1cc(C(=O)O)c(-c2ccc([N+](=O)[O-])cc2)n1. The topological polar surface area (TPSA) is 98.3 Å². The Morgan fingerprint density at radius 1 is 1.38 bits per heavy atom. The number of unbranched alkanes of at least 4 members (excludes halogenated alkanes) is 1. The summed E-state index contributed by atoms with van der Waals surface area (Å²) in [4.78, 5) is 21.4. The van der Waals surface area contributed by atoms with Crippen molar-refractivity contribution in [3.63, 3.8) is 0 Å². The number of carbonyl (C=O) groups is 1. The molecule has 0 spiro atoms. The second kappa shape index (κ2) is 6.17. The number of rotatable bonds is 6. The van der Waals surface area contributed by atoms with Gasteiger partial charge in [0, 0.05) is 30.4 Å². The summed E-state index contributed by atoms with van der Waals surface area (Å²) in [6.45, 7) is 2.68. The number of nitrogens with zero attached hydrogens (tertiary/aromatic N) is 3. The molecule has 1 aromatic heterocycles. The smallest absolute Gasteiger partial charge is 0.339 e. The first-order valence-corrected chi connectivity index (χ1v) is 6.58. The standard InChI is InChI=1S/C14H15N3O4/c1-2-3-8-16-9-12(14(18)19)13(15-16)10-4-6-11(7-5-10)17(20)21/h4-7,9H,2-3,8H2,1H3,(H,18,19). The molecule has 0 saturated heterocycles. The van der Waals surface area contributed by atoms with Crippen LogP contribution in [0.4, 0.5) is 5.69 Å². The van der Waals surface area contributed by atoms with Gasteiger partial charge in [-0.2, -0.15) is 5.10 Å². The summed E-state index contributed by atoms with van der Waals surface area (Å²) in [6.07, 6.45) is 3.38. The quantitative estimate of drug-likeness (QED) is 0.651. The highest BCUT2D eigenvalue weighted by atomic mass is 16.6. The van der Waals surface area contributed by atoms with E-state index in [1.54, 1.807) is 4.68 Å². The van der Waals surface area contributed by atoms with Crippen molar-refractivity contribution in [2.45, 2.75) is 26.3 Å². The molecule has 0 aliphatic rings. The molecule has 0 fully saturated rings. The van der Waals surface area contributed by atoms with Gasteiger partial charge in [0.2, 0.25) is 0 Å². The second-order valence-corrected chi connectivity index (χ2v) is 4.62. The van der Waals surface area contributed by atoms with Crippen LogP contribution in [0.15, 0.2) is 30.5 Å². The van der Waals surface area contributed by atoms with Crippen LogP contribution in [0.2, 0.25) is 0 Å². The van der Waals surface area contributed by atoms with Crippen LogP contribution in [-0.4, -0.2) is 25.8 Å². The molecule has 7 nitrogen and oxygen atoms in total. The number of nitro benzene ring substituents is 1. The van der Waals surface area contributed by atoms with E-state index in [4.69, 9.17) is 0 Å². The monoisotopic (exact) mass is 289 g/mol. The number of carboxylic acids is 1. The van der Waals surface area contributed by atoms with E-state index < -0.39 is 10.9 Å². The summed E-state index contributed by atoms with van der Waals surface area (Å²) in [5.41, 5.74) is 0.933. The van der Waals surface area contributed by atoms with Crippen LogP contribution in [0, 0.1) is 10.1 Å². The van der Waals surface area contributed by atoms with E-state index in [0.29, 0.717) is 17.8 Å². The van der Waals surface area contributed by atoms with Gasteiger partial charge in [-0.3, -0.25) is 14.8 Å². The highest BCUT2D eigenvalue weighted by Gasteiger charge is 2.17. The average Bonchev–Trinajstić information content (AvgIpc) is 2.89. The Labute approximate surface area is 121 Å². The van der Waals surface area contributed by atoms with Crippen LogP contribution in [0.3, 0.4) is 0 Å². The van der Waals surface area contributed by atoms with E-state index >= 15 is 0 Å². The fourth-order valence-corrected chi connectivity index (χ4v) is 1.97. The molecule has 1 heterocycles. The lowest BCUT2D eigenvalue weighted by Gasteiger charge is -1.99. The first kappa shape index (κ1) is 14.7. The molecule has 0 atom stereocenters. The summed E-state index contributed by atoms with van der Waals surface area (Å²) in [5, 5.41) is 24.2. The Bertz CT molecular complexity index is 661. The molecule has 110 valence electrons. The second-order valence-electron chi connectivity index (χ2n) is 4.62. The van der Waals surface area contributed by atoms with Crippen molar-refractivity contribution in [3.05, 3.63) is 46.1 Å². The number of aromatic nitrogens is 2. The van der Waals surface area contributed by atoms with Crippen molar-refractivity contribution in [2.75, 3.05) is 0 Å². The molecule has 0 bridgehead atoms. The number of aromatic carboxylic acids is 1. The van der Waals surface area contributed by atoms with Gasteiger partial charge in [0.05, 0.1) is 4.92 Å². The van der Waals surface area contributed by atoms with Crippen molar-refractivity contribution in [1.82, 2.24) is 9.78 Å². The molecule has 1 aromatic carbocycles. The Morgan fingerprint density at radius 3 is 2.57 bits per heavy atom. The molecular formula is C14H15N3O4. The molecule has 0 amide bonds. The fourth-order valence-electron chi connectivity index (χ4n) is 1.97. The summed E-state index contributed by atoms with van der Waals surface area (Å²) < 4.78 is 1.60. The number of carboxylic acid groups (broad SMARTS) is 1. The van der Waals surface area contributed by atoms with Gasteiger partial charge >= 0.3 is 5.97 Å². The van der Waals surface area contributed by atoms with Crippen molar-refractivity contribution >= 4 is 11.7 Å². The van der Waals surface area contributed by atoms with Crippen LogP contribution < -0.4 is 0 Å². The molecular weight excluding hydrogens is 274 g/mol. The Balaban J connectivity index is 2.38. The molecule has 2 aromatic rings. The highest BCUT2D eigenvalue weighted by Crippen LogP contribution is 2.24. The molecule has 2 rings (SSSR count). The maximum Gasteiger partial charge on any atom is 0.339 e. The maximum atomic E-state index is 11.3. The van der Waals surface area contributed by atoms with E-state index in [1.165, 1.54) is 30.5 Å². The lowest BCUT2D eigenvalue weighted by atomic mass is 10.1. The zero-order chi connectivity index (χ0) is 15.4. The third-order valence-electron chi connectivity index (χ3n) is 3.08. The Kier molecular flexibility index (Phi) is 4.32. The maximum absolute atomic E-state index is 11.3. The lowest BCUT2D eigenvalue weighted by Crippen LogP contribution is -1.98. The van der Waals surface area contributed by atoms with Crippen LogP contribution in [-0.2, 0) is 6.54 Å². The van der Waals surface area contributed by atoms with Crippen molar-refractivity contribution in [3.8, 4) is 11.3 Å². The molecule has 0 aliphatic heterocycles. The first-order valence-electron chi connectivity index (χ1n) is 6.58. The number of hydrogen-bond acceptors (Lipinski definition) is 4. The van der Waals surface area contributed by atoms with E-state index in [2.05, 4.69) is 5.10 Å². The van der Waals surface area contributed by atoms with E-state index in [0.717, 1.165) is 12.8 Å². The highest BCUT2D eigenvalue weighted by molar-refractivity contribution is 5.94. The molecule has 7 heteroatoms. The average molecular weight is 289 g/mol. The third kappa shape index (κ3) is 3.25. The van der Waals surface area contributed by atoms with E-state index in [9.17, 15) is 20.0 Å². The van der Waals surface area contributed by atoms with Crippen molar-refractivity contribution < 1.29 is 14.8 Å². The van der Waals surface area contributed by atoms with Gasteiger partial charge in [0.15, 0.2) is 0 Å². The van der Waals surface area contributed by atoms with Gasteiger partial charge in [-0.05, 0) is 18.6 Å². The van der Waals surface area contributed by atoms with Crippen LogP contribution in [0.1, 0.15) is 30.1 Å². The van der Waals surface area contributed by atoms with Gasteiger partial charge in [-0.1, -0.05) is 13.3 Å². The number of nitro groups is 1. The Hall–Kier alpha value is -2.70. The van der Waals surface area contributed by atoms with Crippen molar-refractivity contribution in [1.29, 1.82) is 0 Å². The van der Waals surface area contributed by atoms with Crippen LogP contribution in [0.5, 0.6) is 0 Å². The Morgan fingerprint density at radius 2 is 2.05 bits per heavy atom. The van der Waals surface area contributed by atoms with Gasteiger partial charge in [-0.25, -0.2) is 4.79 Å². The predicted molar refractivity (Wildman–Crippen MR) is 76.2 cm³/mol. The van der Waals surface area contributed by atoms with Crippen molar-refractivity contribution in [2.24, 2.45) is 0 Å².